The number of quaternary nitrogens is 1. The molecule has 1 heterocycles. The van der Waals surface area contributed by atoms with Crippen LogP contribution in [-0.2, 0) is 11.2 Å². The van der Waals surface area contributed by atoms with Gasteiger partial charge in [0.05, 0.1) is 40.2 Å². The SMILES string of the molecule is C[N+](C)(CCCNC(=O)Cc1ccc(Cl)cc1)CCNC(=O)c1nc(Cl)c(N)nc1N. The Hall–Kier alpha value is -2.62. The molecule has 0 saturated carbocycles. The largest absolute Gasteiger partial charge is 0.382 e. The number of anilines is 2. The number of hydrogen-bond donors (Lipinski definition) is 4. The Morgan fingerprint density at radius 3 is 2.32 bits per heavy atom. The predicted octanol–water partition coefficient (Wildman–Crippen LogP) is 1.50. The maximum Gasteiger partial charge on any atom is 0.273 e. The maximum absolute atomic E-state index is 12.3. The zero-order valence-corrected chi connectivity index (χ0v) is 19.1. The Morgan fingerprint density at radius 1 is 0.968 bits per heavy atom. The van der Waals surface area contributed by atoms with Crippen molar-refractivity contribution >= 4 is 46.7 Å². The minimum Gasteiger partial charge on any atom is -0.382 e. The number of rotatable bonds is 10. The molecule has 31 heavy (non-hydrogen) atoms. The van der Waals surface area contributed by atoms with Gasteiger partial charge in [0.2, 0.25) is 5.91 Å². The predicted molar refractivity (Wildman–Crippen MR) is 123 cm³/mol. The molecule has 0 unspecified atom stereocenters. The minimum absolute atomic E-state index is 0.0197. The van der Waals surface area contributed by atoms with Gasteiger partial charge in [0.15, 0.2) is 22.5 Å². The van der Waals surface area contributed by atoms with Crippen molar-refractivity contribution in [2.24, 2.45) is 0 Å². The summed E-state index contributed by atoms with van der Waals surface area (Å²) in [6, 6.07) is 7.22. The molecular formula is C20H28Cl2N7O2+. The quantitative estimate of drug-likeness (QED) is 0.308. The van der Waals surface area contributed by atoms with Crippen LogP contribution in [0.3, 0.4) is 0 Å². The number of nitrogens with two attached hydrogens (primary N) is 2. The number of likely N-dealkylation sites (N-methyl/N-ethyl adjacent to an activating group) is 1. The smallest absolute Gasteiger partial charge is 0.273 e. The summed E-state index contributed by atoms with van der Waals surface area (Å²) in [5, 5.41) is 6.28. The second-order valence-corrected chi connectivity index (χ2v) is 8.57. The molecule has 168 valence electrons. The third kappa shape index (κ3) is 8.20. The van der Waals surface area contributed by atoms with E-state index in [4.69, 9.17) is 34.7 Å². The lowest BCUT2D eigenvalue weighted by molar-refractivity contribution is -0.889. The first kappa shape index (κ1) is 24.6. The van der Waals surface area contributed by atoms with Crippen molar-refractivity contribution in [3.8, 4) is 0 Å². The summed E-state index contributed by atoms with van der Waals surface area (Å²) in [7, 11) is 4.10. The van der Waals surface area contributed by atoms with Gasteiger partial charge in [0.25, 0.3) is 5.91 Å². The molecule has 2 aromatic rings. The van der Waals surface area contributed by atoms with Crippen LogP contribution in [0.25, 0.3) is 0 Å². The van der Waals surface area contributed by atoms with E-state index >= 15 is 0 Å². The van der Waals surface area contributed by atoms with E-state index in [9.17, 15) is 9.59 Å². The van der Waals surface area contributed by atoms with Crippen LogP contribution in [0.15, 0.2) is 24.3 Å². The van der Waals surface area contributed by atoms with Crippen molar-refractivity contribution < 1.29 is 14.1 Å². The van der Waals surface area contributed by atoms with E-state index in [-0.39, 0.29) is 28.4 Å². The number of nitrogen functional groups attached to an aromatic ring is 2. The van der Waals surface area contributed by atoms with Crippen LogP contribution in [0.1, 0.15) is 22.5 Å². The van der Waals surface area contributed by atoms with Crippen LogP contribution in [0.2, 0.25) is 10.2 Å². The standard InChI is InChI=1S/C20H27Cl2N7O2/c1-29(2,10-3-8-25-15(30)12-13-4-6-14(21)7-5-13)11-9-26-20(31)16-18(23)28-19(24)17(22)27-16/h4-7H,3,8-12H2,1-2H3,(H5-,23,24,25,26,28,30,31)/p+1. The number of halogens is 2. The fourth-order valence-electron chi connectivity index (χ4n) is 2.86. The van der Waals surface area contributed by atoms with Gasteiger partial charge in [-0.1, -0.05) is 35.3 Å². The molecule has 0 saturated heterocycles. The second kappa shape index (κ2) is 11.1. The van der Waals surface area contributed by atoms with E-state index < -0.39 is 5.91 Å². The zero-order chi connectivity index (χ0) is 23.0. The van der Waals surface area contributed by atoms with Crippen molar-refractivity contribution in [2.45, 2.75) is 12.8 Å². The van der Waals surface area contributed by atoms with Gasteiger partial charge < -0.3 is 26.6 Å². The molecule has 1 aromatic carbocycles. The van der Waals surface area contributed by atoms with Gasteiger partial charge in [-0.15, -0.1) is 0 Å². The van der Waals surface area contributed by atoms with Gasteiger partial charge >= 0.3 is 0 Å². The van der Waals surface area contributed by atoms with Crippen LogP contribution in [0.5, 0.6) is 0 Å². The van der Waals surface area contributed by atoms with Gasteiger partial charge in [0, 0.05) is 18.0 Å². The average Bonchev–Trinajstić information content (AvgIpc) is 2.69. The summed E-state index contributed by atoms with van der Waals surface area (Å²) in [4.78, 5) is 32.0. The molecule has 6 N–H and O–H groups in total. The lowest BCUT2D eigenvalue weighted by atomic mass is 10.1. The Kier molecular flexibility index (Phi) is 8.85. The van der Waals surface area contributed by atoms with Crippen LogP contribution in [0.4, 0.5) is 11.6 Å². The van der Waals surface area contributed by atoms with E-state index in [1.807, 2.05) is 12.1 Å². The summed E-state index contributed by atoms with van der Waals surface area (Å²) in [6.07, 6.45) is 1.13. The highest BCUT2D eigenvalue weighted by Gasteiger charge is 2.18. The van der Waals surface area contributed by atoms with E-state index in [1.165, 1.54) is 0 Å². The van der Waals surface area contributed by atoms with Gasteiger partial charge in [-0.25, -0.2) is 9.97 Å². The lowest BCUT2D eigenvalue weighted by Crippen LogP contribution is -2.46. The van der Waals surface area contributed by atoms with Gasteiger partial charge in [-0.05, 0) is 17.7 Å². The highest BCUT2D eigenvalue weighted by atomic mass is 35.5. The normalized spacial score (nSPS) is 11.2. The van der Waals surface area contributed by atoms with Crippen molar-refractivity contribution in [1.82, 2.24) is 20.6 Å². The highest BCUT2D eigenvalue weighted by Crippen LogP contribution is 2.17. The number of carbonyl (C=O) groups excluding carboxylic acids is 2. The van der Waals surface area contributed by atoms with E-state index in [0.717, 1.165) is 18.5 Å². The van der Waals surface area contributed by atoms with Crippen molar-refractivity contribution in [2.75, 3.05) is 51.7 Å². The Labute approximate surface area is 191 Å². The summed E-state index contributed by atoms with van der Waals surface area (Å²) in [5.74, 6) is -0.571. The molecule has 2 rings (SSSR count). The van der Waals surface area contributed by atoms with E-state index in [0.29, 0.717) is 35.6 Å². The summed E-state index contributed by atoms with van der Waals surface area (Å²) in [6.45, 7) is 2.50. The number of carbonyl (C=O) groups is 2. The van der Waals surface area contributed by atoms with Crippen molar-refractivity contribution in [1.29, 1.82) is 0 Å². The molecule has 11 heteroatoms. The molecule has 0 fully saturated rings. The first-order valence-electron chi connectivity index (χ1n) is 9.77. The molecule has 0 aliphatic heterocycles. The topological polar surface area (TPSA) is 136 Å². The zero-order valence-electron chi connectivity index (χ0n) is 17.6. The fourth-order valence-corrected chi connectivity index (χ4v) is 3.11. The molecule has 2 amide bonds. The molecular weight excluding hydrogens is 441 g/mol. The molecule has 0 aliphatic carbocycles. The molecule has 0 aliphatic rings. The van der Waals surface area contributed by atoms with Gasteiger partial charge in [0.1, 0.15) is 0 Å². The van der Waals surface area contributed by atoms with Crippen LogP contribution in [0, 0.1) is 0 Å². The maximum atomic E-state index is 12.3. The molecule has 0 bridgehead atoms. The van der Waals surface area contributed by atoms with E-state index in [1.54, 1.807) is 12.1 Å². The molecule has 0 radical (unpaired) electrons. The van der Waals surface area contributed by atoms with Gasteiger partial charge in [-0.3, -0.25) is 9.59 Å². The summed E-state index contributed by atoms with van der Waals surface area (Å²) >= 11 is 11.7. The fraction of sp³-hybridized carbons (Fsp3) is 0.400. The number of hydrogen-bond acceptors (Lipinski definition) is 6. The van der Waals surface area contributed by atoms with Crippen LogP contribution >= 0.6 is 23.2 Å². The third-order valence-corrected chi connectivity index (χ3v) is 5.19. The Balaban J connectivity index is 1.68. The third-order valence-electron chi connectivity index (χ3n) is 4.66. The van der Waals surface area contributed by atoms with Crippen molar-refractivity contribution in [3.05, 3.63) is 45.7 Å². The monoisotopic (exact) mass is 468 g/mol. The Bertz CT molecular complexity index is 920. The molecule has 0 atom stereocenters. The Morgan fingerprint density at radius 2 is 1.65 bits per heavy atom. The van der Waals surface area contributed by atoms with E-state index in [2.05, 4.69) is 34.7 Å². The summed E-state index contributed by atoms with van der Waals surface area (Å²) in [5.41, 5.74) is 12.1. The molecule has 0 spiro atoms. The summed E-state index contributed by atoms with van der Waals surface area (Å²) < 4.78 is 0.664. The highest BCUT2D eigenvalue weighted by molar-refractivity contribution is 6.31. The second-order valence-electron chi connectivity index (χ2n) is 7.78. The average molecular weight is 469 g/mol. The van der Waals surface area contributed by atoms with Crippen LogP contribution < -0.4 is 22.1 Å². The molecule has 9 nitrogen and oxygen atoms in total. The number of aromatic nitrogens is 2. The van der Waals surface area contributed by atoms with Crippen molar-refractivity contribution in [3.63, 3.8) is 0 Å². The number of nitrogens with zero attached hydrogens (tertiary/aromatic N) is 3. The number of nitrogens with one attached hydrogen (secondary N) is 2. The first-order chi connectivity index (χ1) is 14.6. The number of amides is 2. The minimum atomic E-state index is -0.457. The molecule has 1 aromatic heterocycles. The first-order valence-corrected chi connectivity index (χ1v) is 10.5. The number of benzene rings is 1. The van der Waals surface area contributed by atoms with Crippen LogP contribution in [-0.4, -0.2) is 66.5 Å². The lowest BCUT2D eigenvalue weighted by Gasteiger charge is -2.30. The van der Waals surface area contributed by atoms with Gasteiger partial charge in [-0.2, -0.15) is 0 Å².